The largest absolute Gasteiger partial charge is 0.356 e. The van der Waals surface area contributed by atoms with Gasteiger partial charge in [0.25, 0.3) is 0 Å². The Morgan fingerprint density at radius 1 is 1.20 bits per heavy atom. The van der Waals surface area contributed by atoms with E-state index in [-0.39, 0.29) is 0 Å². The zero-order valence-electron chi connectivity index (χ0n) is 14.8. The first kappa shape index (κ1) is 16.9. The fraction of sp³-hybridized carbons (Fsp3) is 0.412. The van der Waals surface area contributed by atoms with Crippen LogP contribution in [-0.4, -0.2) is 39.2 Å². The van der Waals surface area contributed by atoms with Gasteiger partial charge in [0.2, 0.25) is 5.89 Å². The third kappa shape index (κ3) is 4.14. The van der Waals surface area contributed by atoms with Crippen molar-refractivity contribution in [3.63, 3.8) is 0 Å². The van der Waals surface area contributed by atoms with Crippen LogP contribution < -0.4 is 10.6 Å². The summed E-state index contributed by atoms with van der Waals surface area (Å²) in [7, 11) is 1.74. The van der Waals surface area contributed by atoms with Crippen LogP contribution in [0.15, 0.2) is 33.8 Å². The summed E-state index contributed by atoms with van der Waals surface area (Å²) in [5, 5.41) is 10.2. The lowest BCUT2D eigenvalue weighted by atomic mass is 10.3. The van der Waals surface area contributed by atoms with Crippen molar-refractivity contribution in [1.29, 1.82) is 0 Å². The topological polar surface area (TPSA) is 93.2 Å². The smallest absolute Gasteiger partial charge is 0.246 e. The SMILES string of the molecule is CN=C(NCCCn1c(C)nc2ccccc21)NCc1nc(C)no1. The predicted octanol–water partition coefficient (Wildman–Crippen LogP) is 1.79. The predicted molar refractivity (Wildman–Crippen MR) is 96.3 cm³/mol. The standard InChI is InChI=1S/C17H23N7O/c1-12-21-16(25-23-12)11-20-17(18-3)19-9-6-10-24-13(2)22-14-7-4-5-8-15(14)24/h4-5,7-8H,6,9-11H2,1-3H3,(H2,18,19,20). The lowest BCUT2D eigenvalue weighted by Gasteiger charge is -2.11. The van der Waals surface area contributed by atoms with Crippen molar-refractivity contribution in [3.05, 3.63) is 41.8 Å². The molecule has 25 heavy (non-hydrogen) atoms. The molecule has 0 saturated carbocycles. The van der Waals surface area contributed by atoms with Gasteiger partial charge in [-0.25, -0.2) is 4.98 Å². The Labute approximate surface area is 146 Å². The molecule has 2 heterocycles. The van der Waals surface area contributed by atoms with E-state index in [1.54, 1.807) is 14.0 Å². The molecule has 8 nitrogen and oxygen atoms in total. The molecular formula is C17H23N7O. The highest BCUT2D eigenvalue weighted by Crippen LogP contribution is 2.15. The summed E-state index contributed by atoms with van der Waals surface area (Å²) in [6, 6.07) is 8.21. The molecular weight excluding hydrogens is 318 g/mol. The molecule has 8 heteroatoms. The Morgan fingerprint density at radius 2 is 2.04 bits per heavy atom. The van der Waals surface area contributed by atoms with Gasteiger partial charge in [0, 0.05) is 20.1 Å². The minimum absolute atomic E-state index is 0.450. The van der Waals surface area contributed by atoms with E-state index in [1.807, 2.05) is 25.1 Å². The van der Waals surface area contributed by atoms with E-state index in [0.29, 0.717) is 24.2 Å². The van der Waals surface area contributed by atoms with Crippen molar-refractivity contribution >= 4 is 17.0 Å². The maximum Gasteiger partial charge on any atom is 0.246 e. The van der Waals surface area contributed by atoms with Gasteiger partial charge in [-0.15, -0.1) is 0 Å². The lowest BCUT2D eigenvalue weighted by Crippen LogP contribution is -2.37. The Hall–Kier alpha value is -2.90. The Bertz CT molecular complexity index is 865. The van der Waals surface area contributed by atoms with Crippen molar-refractivity contribution in [2.45, 2.75) is 33.4 Å². The number of benzene rings is 1. The van der Waals surface area contributed by atoms with Crippen molar-refractivity contribution in [2.75, 3.05) is 13.6 Å². The van der Waals surface area contributed by atoms with E-state index in [1.165, 1.54) is 5.52 Å². The highest BCUT2D eigenvalue weighted by Gasteiger charge is 2.07. The molecule has 0 bridgehead atoms. The number of aliphatic imine (C=N–C) groups is 1. The zero-order chi connectivity index (χ0) is 17.6. The summed E-state index contributed by atoms with van der Waals surface area (Å²) >= 11 is 0. The molecule has 1 aromatic carbocycles. The highest BCUT2D eigenvalue weighted by molar-refractivity contribution is 5.79. The molecule has 0 aliphatic carbocycles. The summed E-state index contributed by atoms with van der Waals surface area (Å²) < 4.78 is 7.32. The number of rotatable bonds is 6. The van der Waals surface area contributed by atoms with Gasteiger partial charge >= 0.3 is 0 Å². The molecule has 0 fully saturated rings. The molecule has 3 rings (SSSR count). The number of nitrogens with zero attached hydrogens (tertiary/aromatic N) is 5. The van der Waals surface area contributed by atoms with Crippen LogP contribution in [0.3, 0.4) is 0 Å². The Kier molecular flexibility index (Phi) is 5.27. The second kappa shape index (κ2) is 7.78. The monoisotopic (exact) mass is 341 g/mol. The van der Waals surface area contributed by atoms with E-state index >= 15 is 0 Å². The first-order valence-electron chi connectivity index (χ1n) is 8.33. The van der Waals surface area contributed by atoms with Gasteiger partial charge in [-0.05, 0) is 32.4 Å². The second-order valence-corrected chi connectivity index (χ2v) is 5.74. The fourth-order valence-corrected chi connectivity index (χ4v) is 2.71. The Balaban J connectivity index is 1.47. The summed E-state index contributed by atoms with van der Waals surface area (Å²) in [4.78, 5) is 12.9. The molecule has 0 aliphatic rings. The first-order valence-corrected chi connectivity index (χ1v) is 8.33. The van der Waals surface area contributed by atoms with Gasteiger partial charge in [0.1, 0.15) is 5.82 Å². The number of hydrogen-bond donors (Lipinski definition) is 2. The van der Waals surface area contributed by atoms with Crippen LogP contribution in [0.5, 0.6) is 0 Å². The molecule has 0 aliphatic heterocycles. The second-order valence-electron chi connectivity index (χ2n) is 5.74. The van der Waals surface area contributed by atoms with Crippen molar-refractivity contribution in [3.8, 4) is 0 Å². The van der Waals surface area contributed by atoms with Crippen LogP contribution in [0.2, 0.25) is 0 Å². The number of guanidine groups is 1. The molecule has 0 atom stereocenters. The zero-order valence-corrected chi connectivity index (χ0v) is 14.8. The molecule has 0 unspecified atom stereocenters. The first-order chi connectivity index (χ1) is 12.2. The summed E-state index contributed by atoms with van der Waals surface area (Å²) in [6.45, 7) is 5.99. The van der Waals surface area contributed by atoms with E-state index in [9.17, 15) is 0 Å². The number of fused-ring (bicyclic) bond motifs is 1. The van der Waals surface area contributed by atoms with Crippen molar-refractivity contribution in [2.24, 2.45) is 4.99 Å². The minimum Gasteiger partial charge on any atom is -0.356 e. The molecule has 2 aromatic heterocycles. The van der Waals surface area contributed by atoms with Crippen LogP contribution in [-0.2, 0) is 13.1 Å². The number of nitrogens with one attached hydrogen (secondary N) is 2. The molecule has 0 saturated heterocycles. The summed E-state index contributed by atoms with van der Waals surface area (Å²) in [5.41, 5.74) is 2.22. The van der Waals surface area contributed by atoms with E-state index in [0.717, 1.165) is 30.9 Å². The number of hydrogen-bond acceptors (Lipinski definition) is 5. The maximum absolute atomic E-state index is 5.07. The van der Waals surface area contributed by atoms with E-state index < -0.39 is 0 Å². The average molecular weight is 341 g/mol. The molecule has 3 aromatic rings. The lowest BCUT2D eigenvalue weighted by molar-refractivity contribution is 0.371. The van der Waals surface area contributed by atoms with Crippen molar-refractivity contribution in [1.82, 2.24) is 30.3 Å². The summed E-state index contributed by atoms with van der Waals surface area (Å²) in [6.07, 6.45) is 0.960. The van der Waals surface area contributed by atoms with Crippen LogP contribution in [0.25, 0.3) is 11.0 Å². The third-order valence-corrected chi connectivity index (χ3v) is 3.90. The van der Waals surface area contributed by atoms with Gasteiger partial charge in [0.15, 0.2) is 11.8 Å². The molecule has 2 N–H and O–H groups in total. The number of aromatic nitrogens is 4. The normalized spacial score (nSPS) is 11.9. The van der Waals surface area contributed by atoms with Gasteiger partial charge in [-0.3, -0.25) is 4.99 Å². The maximum atomic E-state index is 5.07. The quantitative estimate of drug-likeness (QED) is 0.403. The Morgan fingerprint density at radius 3 is 2.80 bits per heavy atom. The van der Waals surface area contributed by atoms with Gasteiger partial charge < -0.3 is 19.7 Å². The third-order valence-electron chi connectivity index (χ3n) is 3.90. The van der Waals surface area contributed by atoms with Crippen LogP contribution >= 0.6 is 0 Å². The number of para-hydroxylation sites is 2. The van der Waals surface area contributed by atoms with Gasteiger partial charge in [0.05, 0.1) is 17.6 Å². The van der Waals surface area contributed by atoms with Gasteiger partial charge in [-0.2, -0.15) is 4.98 Å². The fourth-order valence-electron chi connectivity index (χ4n) is 2.71. The van der Waals surface area contributed by atoms with Crippen LogP contribution in [0.4, 0.5) is 0 Å². The highest BCUT2D eigenvalue weighted by atomic mass is 16.5. The summed E-state index contributed by atoms with van der Waals surface area (Å²) in [5.74, 6) is 2.92. The average Bonchev–Trinajstić information content (AvgIpc) is 3.17. The molecule has 0 amide bonds. The number of imidazole rings is 1. The van der Waals surface area contributed by atoms with E-state index in [4.69, 9.17) is 4.52 Å². The van der Waals surface area contributed by atoms with E-state index in [2.05, 4.69) is 41.4 Å². The minimum atomic E-state index is 0.450. The molecule has 132 valence electrons. The molecule has 0 radical (unpaired) electrons. The van der Waals surface area contributed by atoms with Gasteiger partial charge in [-0.1, -0.05) is 17.3 Å². The van der Waals surface area contributed by atoms with Crippen LogP contribution in [0.1, 0.15) is 24.0 Å². The van der Waals surface area contributed by atoms with Crippen molar-refractivity contribution < 1.29 is 4.52 Å². The van der Waals surface area contributed by atoms with Crippen LogP contribution in [0, 0.1) is 13.8 Å². The number of aryl methyl sites for hydroxylation is 3. The molecule has 0 spiro atoms.